The Balaban J connectivity index is 1.94. The number of rotatable bonds is 9. The monoisotopic (exact) mass is 397 g/mol. The van der Waals surface area contributed by atoms with Crippen LogP contribution >= 0.6 is 0 Å². The molecule has 1 atom stereocenters. The molecule has 9 heteroatoms. The van der Waals surface area contributed by atoms with E-state index in [1.807, 2.05) is 30.3 Å². The number of benzene rings is 2. The molecule has 2 aromatic rings. The Labute approximate surface area is 158 Å². The van der Waals surface area contributed by atoms with Crippen molar-refractivity contribution in [3.8, 4) is 5.75 Å². The highest BCUT2D eigenvalue weighted by Crippen LogP contribution is 2.25. The van der Waals surface area contributed by atoms with Gasteiger partial charge in [-0.1, -0.05) is 42.5 Å². The standard InChI is InChI=1S/C19H18F3NO5/c20-19(21,22)28-15-8-6-14(7-9-15)16(10-18(25)26)23-17(24)12-27-11-13-4-2-1-3-5-13/h1-9,16H,10-12H2,(H,23,24)(H,25,26). The maximum absolute atomic E-state index is 12.2. The van der Waals surface area contributed by atoms with Gasteiger partial charge in [-0.25, -0.2) is 0 Å². The van der Waals surface area contributed by atoms with E-state index < -0.39 is 36.5 Å². The molecule has 1 unspecified atom stereocenters. The summed E-state index contributed by atoms with van der Waals surface area (Å²) in [4.78, 5) is 23.1. The van der Waals surface area contributed by atoms with E-state index in [0.717, 1.165) is 17.7 Å². The lowest BCUT2D eigenvalue weighted by molar-refractivity contribution is -0.274. The summed E-state index contributed by atoms with van der Waals surface area (Å²) < 4.78 is 45.7. The number of carboxylic acids is 1. The van der Waals surface area contributed by atoms with Gasteiger partial charge in [0.25, 0.3) is 0 Å². The van der Waals surface area contributed by atoms with Crippen molar-refractivity contribution in [2.75, 3.05) is 6.61 Å². The second-order valence-corrected chi connectivity index (χ2v) is 5.81. The normalized spacial score (nSPS) is 12.2. The van der Waals surface area contributed by atoms with Gasteiger partial charge in [0, 0.05) is 0 Å². The highest BCUT2D eigenvalue weighted by atomic mass is 19.4. The number of ether oxygens (including phenoxy) is 2. The van der Waals surface area contributed by atoms with Gasteiger partial charge in [-0.05, 0) is 23.3 Å². The van der Waals surface area contributed by atoms with Crippen molar-refractivity contribution in [1.29, 1.82) is 0 Å². The number of hydrogen-bond acceptors (Lipinski definition) is 4. The van der Waals surface area contributed by atoms with E-state index in [1.54, 1.807) is 0 Å². The molecule has 2 aromatic carbocycles. The molecular formula is C19H18F3NO5. The Morgan fingerprint density at radius 3 is 2.25 bits per heavy atom. The Kier molecular flexibility index (Phi) is 7.39. The molecule has 6 nitrogen and oxygen atoms in total. The topological polar surface area (TPSA) is 84.9 Å². The maximum Gasteiger partial charge on any atom is 0.573 e. The molecule has 0 fully saturated rings. The highest BCUT2D eigenvalue weighted by molar-refractivity contribution is 5.78. The first kappa shape index (κ1) is 21.2. The molecule has 0 bridgehead atoms. The van der Waals surface area contributed by atoms with Crippen LogP contribution in [-0.4, -0.2) is 30.0 Å². The van der Waals surface area contributed by atoms with Crippen molar-refractivity contribution >= 4 is 11.9 Å². The number of alkyl halides is 3. The fourth-order valence-corrected chi connectivity index (χ4v) is 2.40. The van der Waals surface area contributed by atoms with E-state index in [-0.39, 0.29) is 13.2 Å². The molecule has 0 aromatic heterocycles. The van der Waals surface area contributed by atoms with Crippen LogP contribution in [0.1, 0.15) is 23.6 Å². The van der Waals surface area contributed by atoms with E-state index in [4.69, 9.17) is 9.84 Å². The average molecular weight is 397 g/mol. The molecule has 0 saturated heterocycles. The fourth-order valence-electron chi connectivity index (χ4n) is 2.40. The largest absolute Gasteiger partial charge is 0.573 e. The maximum atomic E-state index is 12.2. The van der Waals surface area contributed by atoms with Crippen LogP contribution in [0.5, 0.6) is 5.75 Å². The fraction of sp³-hybridized carbons (Fsp3) is 0.263. The first-order valence-corrected chi connectivity index (χ1v) is 8.21. The Bertz CT molecular complexity index is 778. The lowest BCUT2D eigenvalue weighted by atomic mass is 10.0. The molecule has 0 aliphatic rings. The second-order valence-electron chi connectivity index (χ2n) is 5.81. The molecular weight excluding hydrogens is 379 g/mol. The molecule has 0 saturated carbocycles. The number of carbonyl (C=O) groups is 2. The van der Waals surface area contributed by atoms with Crippen LogP contribution in [0, 0.1) is 0 Å². The predicted octanol–water partition coefficient (Wildman–Crippen LogP) is 3.43. The Hall–Kier alpha value is -3.07. The van der Waals surface area contributed by atoms with Crippen molar-refractivity contribution < 1.29 is 37.3 Å². The van der Waals surface area contributed by atoms with Crippen LogP contribution in [0.15, 0.2) is 54.6 Å². The van der Waals surface area contributed by atoms with E-state index in [0.29, 0.717) is 5.56 Å². The molecule has 2 rings (SSSR count). The van der Waals surface area contributed by atoms with Crippen molar-refractivity contribution in [2.45, 2.75) is 25.4 Å². The zero-order valence-electron chi connectivity index (χ0n) is 14.6. The summed E-state index contributed by atoms with van der Waals surface area (Å²) in [6, 6.07) is 12.9. The smallest absolute Gasteiger partial charge is 0.481 e. The van der Waals surface area contributed by atoms with Crippen molar-refractivity contribution in [2.24, 2.45) is 0 Å². The van der Waals surface area contributed by atoms with Gasteiger partial charge in [0.2, 0.25) is 5.91 Å². The third-order valence-corrected chi connectivity index (χ3v) is 3.57. The quantitative estimate of drug-likeness (QED) is 0.677. The number of amides is 1. The summed E-state index contributed by atoms with van der Waals surface area (Å²) in [7, 11) is 0. The van der Waals surface area contributed by atoms with Gasteiger partial charge in [-0.2, -0.15) is 0 Å². The van der Waals surface area contributed by atoms with Gasteiger partial charge >= 0.3 is 12.3 Å². The zero-order valence-corrected chi connectivity index (χ0v) is 14.6. The van der Waals surface area contributed by atoms with Crippen LogP contribution in [0.2, 0.25) is 0 Å². The summed E-state index contributed by atoms with van der Waals surface area (Å²) in [6.07, 6.45) is -5.27. The Morgan fingerprint density at radius 1 is 1.04 bits per heavy atom. The molecule has 0 heterocycles. The third-order valence-electron chi connectivity index (χ3n) is 3.57. The zero-order chi connectivity index (χ0) is 20.6. The summed E-state index contributed by atoms with van der Waals surface area (Å²) in [5, 5.41) is 11.5. The van der Waals surface area contributed by atoms with Gasteiger partial charge in [-0.3, -0.25) is 9.59 Å². The molecule has 0 aliphatic heterocycles. The van der Waals surface area contributed by atoms with Crippen molar-refractivity contribution in [1.82, 2.24) is 5.32 Å². The predicted molar refractivity (Wildman–Crippen MR) is 92.4 cm³/mol. The number of hydrogen-bond donors (Lipinski definition) is 2. The molecule has 0 spiro atoms. The minimum absolute atomic E-state index is 0.210. The van der Waals surface area contributed by atoms with Gasteiger partial charge in [0.15, 0.2) is 0 Å². The molecule has 0 aliphatic carbocycles. The SMILES string of the molecule is O=C(O)CC(NC(=O)COCc1ccccc1)c1ccc(OC(F)(F)F)cc1. The number of nitrogens with one attached hydrogen (secondary N) is 1. The first-order valence-electron chi connectivity index (χ1n) is 8.21. The Morgan fingerprint density at radius 2 is 1.68 bits per heavy atom. The van der Waals surface area contributed by atoms with E-state index in [1.165, 1.54) is 12.1 Å². The van der Waals surface area contributed by atoms with Gasteiger partial charge < -0.3 is 19.9 Å². The van der Waals surface area contributed by atoms with Gasteiger partial charge in [0.1, 0.15) is 12.4 Å². The summed E-state index contributed by atoms with van der Waals surface area (Å²) in [5.41, 5.74) is 1.20. The van der Waals surface area contributed by atoms with Crippen LogP contribution in [0.4, 0.5) is 13.2 Å². The lowest BCUT2D eigenvalue weighted by Crippen LogP contribution is -2.33. The minimum Gasteiger partial charge on any atom is -0.481 e. The molecule has 2 N–H and O–H groups in total. The number of carboxylic acid groups (broad SMARTS) is 1. The number of halogens is 3. The van der Waals surface area contributed by atoms with E-state index >= 15 is 0 Å². The average Bonchev–Trinajstić information content (AvgIpc) is 2.61. The first-order chi connectivity index (χ1) is 13.2. The lowest BCUT2D eigenvalue weighted by Gasteiger charge is -2.18. The van der Waals surface area contributed by atoms with Crippen LogP contribution in [0.3, 0.4) is 0 Å². The summed E-state index contributed by atoms with van der Waals surface area (Å²) in [5.74, 6) is -2.16. The van der Waals surface area contributed by atoms with E-state index in [2.05, 4.69) is 10.1 Å². The summed E-state index contributed by atoms with van der Waals surface area (Å²) >= 11 is 0. The number of carbonyl (C=O) groups excluding carboxylic acids is 1. The van der Waals surface area contributed by atoms with E-state index in [9.17, 15) is 22.8 Å². The minimum atomic E-state index is -4.83. The second kappa shape index (κ2) is 9.75. The van der Waals surface area contributed by atoms with Crippen LogP contribution in [-0.2, 0) is 20.9 Å². The van der Waals surface area contributed by atoms with Gasteiger partial charge in [-0.15, -0.1) is 13.2 Å². The van der Waals surface area contributed by atoms with Gasteiger partial charge in [0.05, 0.1) is 19.1 Å². The molecule has 28 heavy (non-hydrogen) atoms. The molecule has 0 radical (unpaired) electrons. The molecule has 150 valence electrons. The van der Waals surface area contributed by atoms with Crippen LogP contribution in [0.25, 0.3) is 0 Å². The molecule has 1 amide bonds. The summed E-state index contributed by atoms with van der Waals surface area (Å²) in [6.45, 7) is -0.0817. The van der Waals surface area contributed by atoms with Crippen molar-refractivity contribution in [3.63, 3.8) is 0 Å². The third kappa shape index (κ3) is 7.67. The van der Waals surface area contributed by atoms with Crippen LogP contribution < -0.4 is 10.1 Å². The number of aliphatic carboxylic acids is 1. The highest BCUT2D eigenvalue weighted by Gasteiger charge is 2.31. The van der Waals surface area contributed by atoms with Crippen molar-refractivity contribution in [3.05, 3.63) is 65.7 Å².